The van der Waals surface area contributed by atoms with Gasteiger partial charge in [0.1, 0.15) is 11.9 Å². The van der Waals surface area contributed by atoms with E-state index < -0.39 is 11.9 Å². The van der Waals surface area contributed by atoms with Crippen LogP contribution in [0.5, 0.6) is 5.75 Å². The van der Waals surface area contributed by atoms with Crippen LogP contribution < -0.4 is 10.5 Å². The van der Waals surface area contributed by atoms with Crippen LogP contribution in [0.2, 0.25) is 10.0 Å². The second-order valence-corrected chi connectivity index (χ2v) is 9.31. The first kappa shape index (κ1) is 24.3. The number of hydrogen-bond donors (Lipinski definition) is 1. The predicted octanol–water partition coefficient (Wildman–Crippen LogP) is 4.06. The lowest BCUT2D eigenvalue weighted by atomic mass is 10.1. The zero-order valence-electron chi connectivity index (χ0n) is 19.0. The van der Waals surface area contributed by atoms with Crippen molar-refractivity contribution < 1.29 is 13.9 Å². The number of hydrogen-bond acceptors (Lipinski definition) is 6. The van der Waals surface area contributed by atoms with Gasteiger partial charge in [-0.15, -0.1) is 0 Å². The number of ether oxygens (including phenoxy) is 1. The molecule has 34 heavy (non-hydrogen) atoms. The second kappa shape index (κ2) is 9.77. The standard InChI is InChI=1S/C23H25Cl2FN6O2/c1-13(21-17(24)4-5-18(26)22(21)25)34-19-6-14(7-28-23(19)27)15-8-29-32(9-15)16-10-31(11-16)20(33)12-30(2)3/h4-9,13,16H,10-12H2,1-3H3,(H2,27,28). The predicted molar refractivity (Wildman–Crippen MR) is 130 cm³/mol. The molecule has 8 nitrogen and oxygen atoms in total. The van der Waals surface area contributed by atoms with E-state index in [-0.39, 0.29) is 22.8 Å². The number of anilines is 1. The molecule has 11 heteroatoms. The normalized spacial score (nSPS) is 14.9. The van der Waals surface area contributed by atoms with Crippen LogP contribution in [0.3, 0.4) is 0 Å². The van der Waals surface area contributed by atoms with Gasteiger partial charge in [0.25, 0.3) is 0 Å². The van der Waals surface area contributed by atoms with Gasteiger partial charge in [0.15, 0.2) is 11.6 Å². The van der Waals surface area contributed by atoms with Gasteiger partial charge in [0.2, 0.25) is 5.91 Å². The summed E-state index contributed by atoms with van der Waals surface area (Å²) >= 11 is 12.3. The molecule has 2 N–H and O–H groups in total. The lowest BCUT2D eigenvalue weighted by Gasteiger charge is -2.39. The van der Waals surface area contributed by atoms with Crippen LogP contribution in [0.25, 0.3) is 11.1 Å². The molecular formula is C23H25Cl2FN6O2. The number of likely N-dealkylation sites (tertiary alicyclic amines) is 1. The summed E-state index contributed by atoms with van der Waals surface area (Å²) < 4.78 is 21.8. The summed E-state index contributed by atoms with van der Waals surface area (Å²) in [6.07, 6.45) is 4.59. The molecule has 0 bridgehead atoms. The Kier molecular flexibility index (Phi) is 6.97. The summed E-state index contributed by atoms with van der Waals surface area (Å²) in [7, 11) is 3.74. The van der Waals surface area contributed by atoms with Crippen molar-refractivity contribution in [1.29, 1.82) is 0 Å². The smallest absolute Gasteiger partial charge is 0.236 e. The zero-order chi connectivity index (χ0) is 24.6. The third-order valence-electron chi connectivity index (χ3n) is 5.65. The maximum atomic E-state index is 13.9. The molecule has 180 valence electrons. The van der Waals surface area contributed by atoms with E-state index in [2.05, 4.69) is 10.1 Å². The van der Waals surface area contributed by atoms with Crippen molar-refractivity contribution in [3.8, 4) is 16.9 Å². The van der Waals surface area contributed by atoms with Crippen molar-refractivity contribution in [2.75, 3.05) is 39.5 Å². The monoisotopic (exact) mass is 506 g/mol. The molecule has 1 saturated heterocycles. The van der Waals surface area contributed by atoms with Gasteiger partial charge < -0.3 is 20.3 Å². The van der Waals surface area contributed by atoms with E-state index in [9.17, 15) is 9.18 Å². The Morgan fingerprint density at radius 1 is 1.29 bits per heavy atom. The van der Waals surface area contributed by atoms with E-state index in [0.29, 0.717) is 36.0 Å². The van der Waals surface area contributed by atoms with Gasteiger partial charge in [-0.2, -0.15) is 5.10 Å². The summed E-state index contributed by atoms with van der Waals surface area (Å²) in [5.41, 5.74) is 7.93. The van der Waals surface area contributed by atoms with Gasteiger partial charge >= 0.3 is 0 Å². The largest absolute Gasteiger partial charge is 0.482 e. The maximum Gasteiger partial charge on any atom is 0.236 e. The Labute approximate surface area is 207 Å². The van der Waals surface area contributed by atoms with E-state index in [0.717, 1.165) is 11.1 Å². The molecule has 0 aliphatic carbocycles. The Morgan fingerprint density at radius 2 is 2.03 bits per heavy atom. The molecule has 1 aliphatic heterocycles. The maximum absolute atomic E-state index is 13.9. The second-order valence-electron chi connectivity index (χ2n) is 8.52. The van der Waals surface area contributed by atoms with Crippen molar-refractivity contribution in [2.24, 2.45) is 0 Å². The van der Waals surface area contributed by atoms with Crippen LogP contribution in [0.1, 0.15) is 24.6 Å². The first-order valence-corrected chi connectivity index (χ1v) is 11.4. The summed E-state index contributed by atoms with van der Waals surface area (Å²) in [6.45, 7) is 3.33. The third kappa shape index (κ3) is 4.96. The highest BCUT2D eigenvalue weighted by atomic mass is 35.5. The number of carbonyl (C=O) groups is 1. The number of amides is 1. The van der Waals surface area contributed by atoms with Crippen LogP contribution in [0.15, 0.2) is 36.8 Å². The van der Waals surface area contributed by atoms with E-state index in [4.69, 9.17) is 33.7 Å². The number of nitrogen functional groups attached to an aromatic ring is 1. The fourth-order valence-electron chi connectivity index (χ4n) is 3.76. The minimum absolute atomic E-state index is 0.0948. The topological polar surface area (TPSA) is 89.5 Å². The number of benzene rings is 1. The number of aromatic nitrogens is 3. The minimum atomic E-state index is -0.668. The van der Waals surface area contributed by atoms with Crippen LogP contribution in [0.4, 0.5) is 10.2 Å². The molecule has 1 atom stereocenters. The summed E-state index contributed by atoms with van der Waals surface area (Å²) in [4.78, 5) is 20.0. The molecule has 1 amide bonds. The lowest BCUT2D eigenvalue weighted by molar-refractivity contribution is -0.137. The van der Waals surface area contributed by atoms with E-state index in [1.165, 1.54) is 12.1 Å². The molecule has 0 radical (unpaired) electrons. The van der Waals surface area contributed by atoms with Crippen LogP contribution >= 0.6 is 23.2 Å². The fourth-order valence-corrected chi connectivity index (χ4v) is 4.43. The summed E-state index contributed by atoms with van der Waals surface area (Å²) in [5, 5.41) is 4.65. The molecule has 0 spiro atoms. The van der Waals surface area contributed by atoms with E-state index in [1.807, 2.05) is 34.8 Å². The molecule has 1 aromatic carbocycles. The number of likely N-dealkylation sites (N-methyl/N-ethyl adjacent to an activating group) is 1. The Balaban J connectivity index is 1.48. The van der Waals surface area contributed by atoms with E-state index in [1.54, 1.807) is 25.4 Å². The van der Waals surface area contributed by atoms with Crippen molar-refractivity contribution >= 4 is 34.9 Å². The average molecular weight is 507 g/mol. The van der Waals surface area contributed by atoms with Crippen molar-refractivity contribution in [3.05, 3.63) is 58.2 Å². The molecule has 1 unspecified atom stereocenters. The highest BCUT2D eigenvalue weighted by Crippen LogP contribution is 2.37. The van der Waals surface area contributed by atoms with Gasteiger partial charge in [0.05, 0.1) is 23.8 Å². The number of carbonyl (C=O) groups excluding carboxylic acids is 1. The molecule has 2 aromatic heterocycles. The first-order chi connectivity index (χ1) is 16.1. The quantitative estimate of drug-likeness (QED) is 0.486. The van der Waals surface area contributed by atoms with Crippen molar-refractivity contribution in [2.45, 2.75) is 19.1 Å². The average Bonchev–Trinajstić information content (AvgIpc) is 3.20. The van der Waals surface area contributed by atoms with Gasteiger partial charge in [-0.05, 0) is 39.2 Å². The molecular weight excluding hydrogens is 482 g/mol. The molecule has 4 rings (SSSR count). The summed E-state index contributed by atoms with van der Waals surface area (Å²) in [6, 6.07) is 4.50. The van der Waals surface area contributed by atoms with E-state index >= 15 is 0 Å². The van der Waals surface area contributed by atoms with Crippen LogP contribution in [-0.4, -0.2) is 64.2 Å². The van der Waals surface area contributed by atoms with Crippen LogP contribution in [0, 0.1) is 5.82 Å². The number of nitrogens with zero attached hydrogens (tertiary/aromatic N) is 5. The third-order valence-corrected chi connectivity index (χ3v) is 6.36. The molecule has 0 saturated carbocycles. The molecule has 1 aliphatic rings. The Bertz CT molecular complexity index is 1210. The SMILES string of the molecule is CC(Oc1cc(-c2cnn(C3CN(C(=O)CN(C)C)C3)c2)cnc1N)c1c(Cl)ccc(F)c1Cl. The Hall–Kier alpha value is -2.88. The highest BCUT2D eigenvalue weighted by Gasteiger charge is 2.32. The van der Waals surface area contributed by atoms with Crippen molar-refractivity contribution in [1.82, 2.24) is 24.6 Å². The van der Waals surface area contributed by atoms with Gasteiger partial charge in [-0.1, -0.05) is 23.2 Å². The first-order valence-electron chi connectivity index (χ1n) is 10.7. The highest BCUT2D eigenvalue weighted by molar-refractivity contribution is 6.36. The number of pyridine rings is 1. The Morgan fingerprint density at radius 3 is 2.74 bits per heavy atom. The number of rotatable bonds is 7. The molecule has 3 aromatic rings. The lowest BCUT2D eigenvalue weighted by Crippen LogP contribution is -2.53. The molecule has 3 heterocycles. The van der Waals surface area contributed by atoms with Crippen molar-refractivity contribution in [3.63, 3.8) is 0 Å². The van der Waals surface area contributed by atoms with Gasteiger partial charge in [-0.25, -0.2) is 9.37 Å². The minimum Gasteiger partial charge on any atom is -0.482 e. The summed E-state index contributed by atoms with van der Waals surface area (Å²) in [5.74, 6) is 0.0199. The number of halogens is 3. The van der Waals surface area contributed by atoms with Crippen LogP contribution in [-0.2, 0) is 4.79 Å². The fraction of sp³-hybridized carbons (Fsp3) is 0.348. The zero-order valence-corrected chi connectivity index (χ0v) is 20.5. The molecule has 1 fully saturated rings. The number of nitrogens with two attached hydrogens (primary N) is 1. The van der Waals surface area contributed by atoms with Gasteiger partial charge in [0, 0.05) is 47.2 Å². The van der Waals surface area contributed by atoms with Gasteiger partial charge in [-0.3, -0.25) is 9.48 Å².